The van der Waals surface area contributed by atoms with E-state index >= 15 is 0 Å². The van der Waals surface area contributed by atoms with Crippen LogP contribution >= 0.6 is 11.3 Å². The molecule has 0 saturated carbocycles. The molecular formula is C16H11FN2O3S. The van der Waals surface area contributed by atoms with Crippen LogP contribution in [0.3, 0.4) is 0 Å². The van der Waals surface area contributed by atoms with Crippen molar-refractivity contribution in [2.75, 3.05) is 11.9 Å². The van der Waals surface area contributed by atoms with Gasteiger partial charge >= 0.3 is 5.97 Å². The van der Waals surface area contributed by atoms with E-state index in [1.165, 1.54) is 29.5 Å². The zero-order valence-corrected chi connectivity index (χ0v) is 12.6. The molecule has 0 radical (unpaired) electrons. The van der Waals surface area contributed by atoms with Crippen LogP contribution in [-0.4, -0.2) is 23.5 Å². The summed E-state index contributed by atoms with van der Waals surface area (Å²) in [5.41, 5.74) is 0.566. The van der Waals surface area contributed by atoms with Crippen molar-refractivity contribution in [3.05, 3.63) is 59.9 Å². The number of aromatic nitrogens is 1. The van der Waals surface area contributed by atoms with Crippen molar-refractivity contribution < 1.29 is 18.7 Å². The number of halogens is 1. The number of para-hydroxylation sites is 1. The molecule has 23 heavy (non-hydrogen) atoms. The molecule has 5 nitrogen and oxygen atoms in total. The smallest absolute Gasteiger partial charge is 0.341 e. The number of fused-ring (bicyclic) bond motifs is 1. The van der Waals surface area contributed by atoms with E-state index in [4.69, 9.17) is 4.74 Å². The molecule has 0 aliphatic heterocycles. The Morgan fingerprint density at radius 2 is 1.87 bits per heavy atom. The molecule has 0 unspecified atom stereocenters. The molecule has 0 aliphatic rings. The van der Waals surface area contributed by atoms with E-state index < -0.39 is 24.3 Å². The SMILES string of the molecule is O=C(COC(=O)c1ccccc1F)Nc1nc2ccccc2s1. The first-order chi connectivity index (χ1) is 11.1. The van der Waals surface area contributed by atoms with Crippen LogP contribution in [0.2, 0.25) is 0 Å². The van der Waals surface area contributed by atoms with Gasteiger partial charge < -0.3 is 4.74 Å². The Morgan fingerprint density at radius 1 is 1.13 bits per heavy atom. The minimum absolute atomic E-state index is 0.208. The average Bonchev–Trinajstić information content (AvgIpc) is 2.95. The van der Waals surface area contributed by atoms with Crippen molar-refractivity contribution >= 4 is 38.6 Å². The third kappa shape index (κ3) is 3.51. The molecule has 3 rings (SSSR count). The largest absolute Gasteiger partial charge is 0.452 e. The molecule has 0 atom stereocenters. The Balaban J connectivity index is 1.59. The molecule has 0 saturated heterocycles. The molecule has 2 aromatic carbocycles. The number of thiazole rings is 1. The standard InChI is InChI=1S/C16H11FN2O3S/c17-11-6-2-1-5-10(11)15(21)22-9-14(20)19-16-18-12-7-3-4-8-13(12)23-16/h1-8H,9H2,(H,18,19,20). The van der Waals surface area contributed by atoms with Crippen molar-refractivity contribution in [1.82, 2.24) is 4.98 Å². The lowest BCUT2D eigenvalue weighted by atomic mass is 10.2. The van der Waals surface area contributed by atoms with E-state index in [0.29, 0.717) is 5.13 Å². The van der Waals surface area contributed by atoms with Crippen molar-refractivity contribution in [2.24, 2.45) is 0 Å². The van der Waals surface area contributed by atoms with Crippen LogP contribution < -0.4 is 5.32 Å². The number of rotatable bonds is 4. The van der Waals surface area contributed by atoms with Gasteiger partial charge in [-0.3, -0.25) is 10.1 Å². The highest BCUT2D eigenvalue weighted by Gasteiger charge is 2.15. The summed E-state index contributed by atoms with van der Waals surface area (Å²) in [5, 5.41) is 2.97. The van der Waals surface area contributed by atoms with Gasteiger partial charge in [0, 0.05) is 0 Å². The van der Waals surface area contributed by atoms with Crippen LogP contribution in [0.1, 0.15) is 10.4 Å². The number of hydrogen-bond acceptors (Lipinski definition) is 5. The Kier molecular flexibility index (Phi) is 4.29. The number of amides is 1. The fourth-order valence-corrected chi connectivity index (χ4v) is 2.80. The number of nitrogens with one attached hydrogen (secondary N) is 1. The van der Waals surface area contributed by atoms with Crippen LogP contribution in [-0.2, 0) is 9.53 Å². The lowest BCUT2D eigenvalue weighted by Crippen LogP contribution is -2.21. The summed E-state index contributed by atoms with van der Waals surface area (Å²) in [6.45, 7) is -0.511. The second kappa shape index (κ2) is 6.53. The second-order valence-corrected chi connectivity index (χ2v) is 5.62. The predicted octanol–water partition coefficient (Wildman–Crippen LogP) is 3.23. The first-order valence-electron chi connectivity index (χ1n) is 6.70. The molecule has 0 bridgehead atoms. The Labute approximate surface area is 134 Å². The quantitative estimate of drug-likeness (QED) is 0.746. The van der Waals surface area contributed by atoms with Crippen molar-refractivity contribution in [1.29, 1.82) is 0 Å². The molecule has 7 heteroatoms. The van der Waals surface area contributed by atoms with Gasteiger partial charge in [-0.25, -0.2) is 14.2 Å². The van der Waals surface area contributed by atoms with Gasteiger partial charge in [0.15, 0.2) is 11.7 Å². The van der Waals surface area contributed by atoms with Crippen LogP contribution in [0, 0.1) is 5.82 Å². The molecule has 0 aliphatic carbocycles. The molecule has 1 N–H and O–H groups in total. The molecule has 0 fully saturated rings. The van der Waals surface area contributed by atoms with Gasteiger partial charge in [-0.2, -0.15) is 0 Å². The number of anilines is 1. The van der Waals surface area contributed by atoms with E-state index in [9.17, 15) is 14.0 Å². The van der Waals surface area contributed by atoms with Gasteiger partial charge in [0.2, 0.25) is 0 Å². The Hall–Kier alpha value is -2.80. The monoisotopic (exact) mass is 330 g/mol. The van der Waals surface area contributed by atoms with Gasteiger partial charge in [0.1, 0.15) is 5.82 Å². The number of ether oxygens (including phenoxy) is 1. The zero-order valence-electron chi connectivity index (χ0n) is 11.8. The van der Waals surface area contributed by atoms with E-state index in [2.05, 4.69) is 10.3 Å². The number of esters is 1. The first-order valence-corrected chi connectivity index (χ1v) is 7.52. The van der Waals surface area contributed by atoms with Gasteiger partial charge in [0.25, 0.3) is 5.91 Å². The normalized spacial score (nSPS) is 10.5. The van der Waals surface area contributed by atoms with Gasteiger partial charge in [-0.1, -0.05) is 35.6 Å². The summed E-state index contributed by atoms with van der Waals surface area (Å²) in [6, 6.07) is 12.9. The van der Waals surface area contributed by atoms with E-state index in [1.54, 1.807) is 0 Å². The number of nitrogens with zero attached hydrogens (tertiary/aromatic N) is 1. The third-order valence-electron chi connectivity index (χ3n) is 2.97. The van der Waals surface area contributed by atoms with Gasteiger partial charge in [0.05, 0.1) is 15.8 Å². The maximum atomic E-state index is 13.4. The number of hydrogen-bond donors (Lipinski definition) is 1. The van der Waals surface area contributed by atoms with E-state index in [0.717, 1.165) is 16.3 Å². The Bertz CT molecular complexity index is 845. The zero-order chi connectivity index (χ0) is 16.2. The molecular weight excluding hydrogens is 319 g/mol. The van der Waals surface area contributed by atoms with Gasteiger partial charge in [-0.15, -0.1) is 0 Å². The van der Waals surface area contributed by atoms with E-state index in [1.807, 2.05) is 24.3 Å². The summed E-state index contributed by atoms with van der Waals surface area (Å²) in [7, 11) is 0. The highest BCUT2D eigenvalue weighted by Crippen LogP contribution is 2.25. The minimum Gasteiger partial charge on any atom is -0.452 e. The van der Waals surface area contributed by atoms with E-state index in [-0.39, 0.29) is 5.56 Å². The maximum Gasteiger partial charge on any atom is 0.341 e. The lowest BCUT2D eigenvalue weighted by molar-refractivity contribution is -0.119. The first kappa shape index (κ1) is 15.1. The van der Waals surface area contributed by atoms with Crippen molar-refractivity contribution in [3.63, 3.8) is 0 Å². The minimum atomic E-state index is -0.887. The number of carbonyl (C=O) groups is 2. The molecule has 1 amide bonds. The summed E-state index contributed by atoms with van der Waals surface area (Å²) in [4.78, 5) is 27.7. The topological polar surface area (TPSA) is 68.3 Å². The van der Waals surface area contributed by atoms with Crippen molar-refractivity contribution in [3.8, 4) is 0 Å². The molecule has 0 spiro atoms. The van der Waals surface area contributed by atoms with Crippen molar-refractivity contribution in [2.45, 2.75) is 0 Å². The van der Waals surface area contributed by atoms with Crippen LogP contribution in [0.25, 0.3) is 10.2 Å². The lowest BCUT2D eigenvalue weighted by Gasteiger charge is -2.05. The molecule has 116 valence electrons. The second-order valence-electron chi connectivity index (χ2n) is 4.59. The van der Waals surface area contributed by atoms with Crippen LogP contribution in [0.5, 0.6) is 0 Å². The highest BCUT2D eigenvalue weighted by molar-refractivity contribution is 7.22. The molecule has 3 aromatic rings. The molecule has 1 aromatic heterocycles. The van der Waals surface area contributed by atoms with Gasteiger partial charge in [-0.05, 0) is 24.3 Å². The average molecular weight is 330 g/mol. The third-order valence-corrected chi connectivity index (χ3v) is 3.92. The fraction of sp³-hybridized carbons (Fsp3) is 0.0625. The summed E-state index contributed by atoms with van der Waals surface area (Å²) < 4.78 is 19.2. The summed E-state index contributed by atoms with van der Waals surface area (Å²) >= 11 is 1.32. The molecule has 1 heterocycles. The van der Waals surface area contributed by atoms with Crippen LogP contribution in [0.15, 0.2) is 48.5 Å². The predicted molar refractivity (Wildman–Crippen MR) is 84.9 cm³/mol. The fourth-order valence-electron chi connectivity index (χ4n) is 1.92. The number of carbonyl (C=O) groups excluding carboxylic acids is 2. The summed E-state index contributed by atoms with van der Waals surface area (Å²) in [6.07, 6.45) is 0. The highest BCUT2D eigenvalue weighted by atomic mass is 32.1. The Morgan fingerprint density at radius 3 is 2.65 bits per heavy atom. The van der Waals surface area contributed by atoms with Crippen LogP contribution in [0.4, 0.5) is 9.52 Å². The summed E-state index contributed by atoms with van der Waals surface area (Å²) in [5.74, 6) is -2.11. The maximum absolute atomic E-state index is 13.4. The number of benzene rings is 2.